The number of hydrogen-bond acceptors (Lipinski definition) is 6. The lowest BCUT2D eigenvalue weighted by Crippen LogP contribution is -2.56. The fourth-order valence-corrected chi connectivity index (χ4v) is 4.35. The van der Waals surface area contributed by atoms with E-state index >= 15 is 0 Å². The fourth-order valence-electron chi connectivity index (χ4n) is 3.63. The standard InChI is InChI=1S/C24H18FN5O2S/c25-21-5-4-18(13-27-21)23(32)30-11-8-20(30)22(31)29-24-28-19(14-33-24)17-3-1-2-16(12-17)15-6-9-26-10-7-15/h1-7,9-10,12-14,20H,8,11H2,(H,28,29,31). The summed E-state index contributed by atoms with van der Waals surface area (Å²) in [5, 5.41) is 5.17. The molecule has 1 aliphatic rings. The Morgan fingerprint density at radius 1 is 1.06 bits per heavy atom. The number of anilines is 1. The van der Waals surface area contributed by atoms with Crippen molar-refractivity contribution < 1.29 is 14.0 Å². The van der Waals surface area contributed by atoms with Gasteiger partial charge in [-0.25, -0.2) is 9.97 Å². The van der Waals surface area contributed by atoms with Crippen LogP contribution in [-0.4, -0.2) is 44.3 Å². The molecular weight excluding hydrogens is 441 g/mol. The molecule has 1 N–H and O–H groups in total. The van der Waals surface area contributed by atoms with Crippen LogP contribution in [0.25, 0.3) is 22.4 Å². The molecule has 1 atom stereocenters. The number of nitrogens with one attached hydrogen (secondary N) is 1. The zero-order chi connectivity index (χ0) is 22.8. The summed E-state index contributed by atoms with van der Waals surface area (Å²) in [5.74, 6) is -1.30. The number of amides is 2. The fraction of sp³-hybridized carbons (Fsp3) is 0.125. The third-order valence-corrected chi connectivity index (χ3v) is 6.22. The van der Waals surface area contributed by atoms with E-state index < -0.39 is 12.0 Å². The molecule has 9 heteroatoms. The van der Waals surface area contributed by atoms with E-state index in [1.165, 1.54) is 28.5 Å². The Morgan fingerprint density at radius 3 is 2.61 bits per heavy atom. The second kappa shape index (κ2) is 8.87. The quantitative estimate of drug-likeness (QED) is 0.451. The van der Waals surface area contributed by atoms with Crippen LogP contribution in [0.1, 0.15) is 16.8 Å². The number of aromatic nitrogens is 3. The van der Waals surface area contributed by atoms with E-state index in [0.717, 1.165) is 28.5 Å². The van der Waals surface area contributed by atoms with Gasteiger partial charge in [0.15, 0.2) is 5.13 Å². The molecule has 7 nitrogen and oxygen atoms in total. The van der Waals surface area contributed by atoms with Crippen molar-refractivity contribution in [3.8, 4) is 22.4 Å². The first-order chi connectivity index (χ1) is 16.1. The molecule has 0 aliphatic carbocycles. The first kappa shape index (κ1) is 20.9. The second-order valence-electron chi connectivity index (χ2n) is 7.52. The topological polar surface area (TPSA) is 88.1 Å². The summed E-state index contributed by atoms with van der Waals surface area (Å²) in [4.78, 5) is 38.9. The summed E-state index contributed by atoms with van der Waals surface area (Å²) in [6.07, 6.45) is 5.23. The molecule has 1 fully saturated rings. The van der Waals surface area contributed by atoms with E-state index in [2.05, 4.69) is 20.3 Å². The number of likely N-dealkylation sites (tertiary alicyclic amines) is 1. The number of halogens is 1. The average Bonchev–Trinajstić information content (AvgIpc) is 3.28. The largest absolute Gasteiger partial charge is 0.326 e. The highest BCUT2D eigenvalue weighted by Crippen LogP contribution is 2.29. The molecule has 1 aromatic carbocycles. The predicted molar refractivity (Wildman–Crippen MR) is 123 cm³/mol. The van der Waals surface area contributed by atoms with Crippen LogP contribution in [0.3, 0.4) is 0 Å². The van der Waals surface area contributed by atoms with Crippen molar-refractivity contribution >= 4 is 28.3 Å². The monoisotopic (exact) mass is 459 g/mol. The maximum absolute atomic E-state index is 13.0. The summed E-state index contributed by atoms with van der Waals surface area (Å²) in [6.45, 7) is 0.458. The molecule has 5 rings (SSSR count). The number of carbonyl (C=O) groups is 2. The van der Waals surface area contributed by atoms with E-state index in [-0.39, 0.29) is 17.4 Å². The predicted octanol–water partition coefficient (Wildman–Crippen LogP) is 4.26. The summed E-state index contributed by atoms with van der Waals surface area (Å²) in [7, 11) is 0. The Balaban J connectivity index is 1.27. The van der Waals surface area contributed by atoms with Gasteiger partial charge in [-0.05, 0) is 47.9 Å². The van der Waals surface area contributed by atoms with Crippen LogP contribution in [-0.2, 0) is 4.79 Å². The van der Waals surface area contributed by atoms with Gasteiger partial charge in [0.1, 0.15) is 6.04 Å². The molecular formula is C24H18FN5O2S. The third kappa shape index (κ3) is 4.35. The summed E-state index contributed by atoms with van der Waals surface area (Å²) >= 11 is 1.33. The number of thiazole rings is 1. The molecule has 3 aromatic heterocycles. The molecule has 4 aromatic rings. The van der Waals surface area contributed by atoms with Crippen molar-refractivity contribution in [2.45, 2.75) is 12.5 Å². The number of benzene rings is 1. The molecule has 0 bridgehead atoms. The van der Waals surface area contributed by atoms with Gasteiger partial charge in [-0.1, -0.05) is 18.2 Å². The summed E-state index contributed by atoms with van der Waals surface area (Å²) < 4.78 is 13.0. The molecule has 1 aliphatic heterocycles. The maximum atomic E-state index is 13.0. The number of carbonyl (C=O) groups excluding carboxylic acids is 2. The highest BCUT2D eigenvalue weighted by Gasteiger charge is 2.38. The first-order valence-corrected chi connectivity index (χ1v) is 11.2. The lowest BCUT2D eigenvalue weighted by Gasteiger charge is -2.39. The molecule has 0 saturated carbocycles. The highest BCUT2D eigenvalue weighted by molar-refractivity contribution is 7.14. The van der Waals surface area contributed by atoms with Crippen LogP contribution in [0, 0.1) is 5.95 Å². The lowest BCUT2D eigenvalue weighted by atomic mass is 10.0. The minimum atomic E-state index is -0.657. The highest BCUT2D eigenvalue weighted by atomic mass is 32.1. The Labute approximate surface area is 193 Å². The molecule has 1 unspecified atom stereocenters. The van der Waals surface area contributed by atoms with Crippen molar-refractivity contribution in [1.29, 1.82) is 0 Å². The van der Waals surface area contributed by atoms with E-state index in [9.17, 15) is 14.0 Å². The summed E-state index contributed by atoms with van der Waals surface area (Å²) in [6, 6.07) is 13.8. The van der Waals surface area contributed by atoms with Crippen molar-refractivity contribution in [1.82, 2.24) is 19.9 Å². The van der Waals surface area contributed by atoms with Crippen molar-refractivity contribution in [3.63, 3.8) is 0 Å². The van der Waals surface area contributed by atoms with Crippen LogP contribution in [0.4, 0.5) is 9.52 Å². The van der Waals surface area contributed by atoms with Crippen molar-refractivity contribution in [3.05, 3.63) is 84.0 Å². The van der Waals surface area contributed by atoms with Gasteiger partial charge in [-0.3, -0.25) is 14.6 Å². The Kier molecular flexibility index (Phi) is 5.62. The van der Waals surface area contributed by atoms with Gasteiger partial charge in [-0.15, -0.1) is 11.3 Å². The summed E-state index contributed by atoms with van der Waals surface area (Å²) in [5.41, 5.74) is 4.05. The molecule has 4 heterocycles. The van der Waals surface area contributed by atoms with Gasteiger partial charge in [0.05, 0.1) is 11.3 Å². The van der Waals surface area contributed by atoms with Crippen LogP contribution in [0.15, 0.2) is 72.5 Å². The number of nitrogens with zero attached hydrogens (tertiary/aromatic N) is 4. The van der Waals surface area contributed by atoms with E-state index in [0.29, 0.717) is 18.1 Å². The Hall–Kier alpha value is -3.98. The minimum Gasteiger partial charge on any atom is -0.326 e. The zero-order valence-electron chi connectivity index (χ0n) is 17.3. The van der Waals surface area contributed by atoms with E-state index in [4.69, 9.17) is 0 Å². The van der Waals surface area contributed by atoms with Gasteiger partial charge in [0.2, 0.25) is 11.9 Å². The van der Waals surface area contributed by atoms with Gasteiger partial charge in [0, 0.05) is 36.1 Å². The van der Waals surface area contributed by atoms with Gasteiger partial charge in [-0.2, -0.15) is 4.39 Å². The lowest BCUT2D eigenvalue weighted by molar-refractivity contribution is -0.123. The first-order valence-electron chi connectivity index (χ1n) is 10.3. The smallest absolute Gasteiger partial charge is 0.256 e. The van der Waals surface area contributed by atoms with Gasteiger partial charge in [0.25, 0.3) is 5.91 Å². The molecule has 1 saturated heterocycles. The SMILES string of the molecule is O=C(Nc1nc(-c2cccc(-c3ccncc3)c2)cs1)C1CCN1C(=O)c1ccc(F)nc1. The van der Waals surface area contributed by atoms with Crippen LogP contribution >= 0.6 is 11.3 Å². The molecule has 2 amide bonds. The van der Waals surface area contributed by atoms with Gasteiger partial charge < -0.3 is 10.2 Å². The van der Waals surface area contributed by atoms with Crippen LogP contribution < -0.4 is 5.32 Å². The van der Waals surface area contributed by atoms with E-state index in [1.54, 1.807) is 12.4 Å². The van der Waals surface area contributed by atoms with Crippen LogP contribution in [0.5, 0.6) is 0 Å². The molecule has 0 spiro atoms. The van der Waals surface area contributed by atoms with Gasteiger partial charge >= 0.3 is 0 Å². The molecule has 33 heavy (non-hydrogen) atoms. The molecule has 164 valence electrons. The third-order valence-electron chi connectivity index (χ3n) is 5.46. The number of hydrogen-bond donors (Lipinski definition) is 1. The average molecular weight is 460 g/mol. The molecule has 0 radical (unpaired) electrons. The van der Waals surface area contributed by atoms with Crippen molar-refractivity contribution in [2.75, 3.05) is 11.9 Å². The zero-order valence-corrected chi connectivity index (χ0v) is 18.1. The maximum Gasteiger partial charge on any atom is 0.256 e. The normalized spacial score (nSPS) is 15.1. The second-order valence-corrected chi connectivity index (χ2v) is 8.37. The number of rotatable bonds is 5. The number of pyridine rings is 2. The van der Waals surface area contributed by atoms with Crippen molar-refractivity contribution in [2.24, 2.45) is 0 Å². The minimum absolute atomic E-state index is 0.250. The Morgan fingerprint density at radius 2 is 1.88 bits per heavy atom. The van der Waals surface area contributed by atoms with Crippen LogP contribution in [0.2, 0.25) is 0 Å². The Bertz CT molecular complexity index is 1310. The van der Waals surface area contributed by atoms with E-state index in [1.807, 2.05) is 41.8 Å².